The van der Waals surface area contributed by atoms with Crippen LogP contribution in [0.25, 0.3) is 5.57 Å². The standard InChI is InChI=1S/C21H25F3N6O/c1-12-10-25-20(26-17-11-29(3)28-13(17)2)27-19(12)14-8-15-4-5-16(9-14)30(15)18(31)6-7-21(22,23)24/h8,10-11,15-16H,4-7,9H2,1-3H3,(H,25,26,27)/t15-,16+/m1/s1. The van der Waals surface area contributed by atoms with E-state index < -0.39 is 24.9 Å². The molecule has 2 aliphatic rings. The van der Waals surface area contributed by atoms with Gasteiger partial charge in [0.25, 0.3) is 0 Å². The van der Waals surface area contributed by atoms with E-state index in [1.807, 2.05) is 33.2 Å². The molecule has 0 spiro atoms. The van der Waals surface area contributed by atoms with E-state index in [9.17, 15) is 18.0 Å². The number of nitrogens with zero attached hydrogens (tertiary/aromatic N) is 5. The van der Waals surface area contributed by atoms with Gasteiger partial charge in [-0.1, -0.05) is 6.08 Å². The summed E-state index contributed by atoms with van der Waals surface area (Å²) in [5.74, 6) is 0.0302. The first-order valence-corrected chi connectivity index (χ1v) is 10.3. The van der Waals surface area contributed by atoms with Crippen molar-refractivity contribution < 1.29 is 18.0 Å². The van der Waals surface area contributed by atoms with Crippen LogP contribution in [0, 0.1) is 13.8 Å². The van der Waals surface area contributed by atoms with Gasteiger partial charge in [-0.05, 0) is 44.2 Å². The van der Waals surface area contributed by atoms with Crippen molar-refractivity contribution >= 4 is 23.1 Å². The lowest BCUT2D eigenvalue weighted by Gasteiger charge is -2.34. The molecule has 0 aliphatic carbocycles. The topological polar surface area (TPSA) is 75.9 Å². The van der Waals surface area contributed by atoms with Gasteiger partial charge in [-0.3, -0.25) is 9.48 Å². The first kappa shape index (κ1) is 21.3. The fraction of sp³-hybridized carbons (Fsp3) is 0.524. The van der Waals surface area contributed by atoms with E-state index in [2.05, 4.69) is 15.4 Å². The zero-order chi connectivity index (χ0) is 22.3. The number of halogens is 3. The van der Waals surface area contributed by atoms with Crippen LogP contribution in [-0.2, 0) is 11.8 Å². The second-order valence-electron chi connectivity index (χ2n) is 8.26. The molecule has 2 aromatic heterocycles. The predicted octanol–water partition coefficient (Wildman–Crippen LogP) is 4.06. The molecule has 2 atom stereocenters. The Morgan fingerprint density at radius 3 is 2.71 bits per heavy atom. The number of hydrogen-bond donors (Lipinski definition) is 1. The molecule has 2 aliphatic heterocycles. The van der Waals surface area contributed by atoms with Crippen LogP contribution in [0.4, 0.5) is 24.8 Å². The minimum absolute atomic E-state index is 0.0860. The van der Waals surface area contributed by atoms with Crippen molar-refractivity contribution in [3.05, 3.63) is 35.4 Å². The number of fused-ring (bicyclic) bond motifs is 2. The molecule has 31 heavy (non-hydrogen) atoms. The van der Waals surface area contributed by atoms with Crippen molar-refractivity contribution in [1.29, 1.82) is 0 Å². The van der Waals surface area contributed by atoms with Crippen LogP contribution >= 0.6 is 0 Å². The van der Waals surface area contributed by atoms with Crippen molar-refractivity contribution in [2.24, 2.45) is 7.05 Å². The number of rotatable bonds is 5. The maximum absolute atomic E-state index is 12.5. The highest BCUT2D eigenvalue weighted by Gasteiger charge is 2.41. The molecule has 2 aromatic rings. The van der Waals surface area contributed by atoms with Gasteiger partial charge in [0.05, 0.1) is 29.5 Å². The fourth-order valence-electron chi connectivity index (χ4n) is 4.44. The largest absolute Gasteiger partial charge is 0.389 e. The summed E-state index contributed by atoms with van der Waals surface area (Å²) < 4.78 is 39.3. The summed E-state index contributed by atoms with van der Waals surface area (Å²) in [5, 5.41) is 7.49. The summed E-state index contributed by atoms with van der Waals surface area (Å²) in [6.07, 6.45) is 1.82. The van der Waals surface area contributed by atoms with E-state index in [1.54, 1.807) is 15.8 Å². The molecular weight excluding hydrogens is 409 g/mol. The van der Waals surface area contributed by atoms with Gasteiger partial charge in [0.2, 0.25) is 11.9 Å². The van der Waals surface area contributed by atoms with Crippen LogP contribution in [0.5, 0.6) is 0 Å². The van der Waals surface area contributed by atoms with Crippen LogP contribution in [0.15, 0.2) is 18.5 Å². The van der Waals surface area contributed by atoms with Gasteiger partial charge in [0.1, 0.15) is 0 Å². The van der Waals surface area contributed by atoms with E-state index in [1.165, 1.54) is 0 Å². The number of nitrogens with one attached hydrogen (secondary N) is 1. The van der Waals surface area contributed by atoms with Gasteiger partial charge in [-0.25, -0.2) is 9.97 Å². The Hall–Kier alpha value is -2.91. The Morgan fingerprint density at radius 1 is 1.29 bits per heavy atom. The monoisotopic (exact) mass is 434 g/mol. The van der Waals surface area contributed by atoms with E-state index in [0.717, 1.165) is 41.1 Å². The molecule has 1 fully saturated rings. The lowest BCUT2D eigenvalue weighted by Crippen LogP contribution is -2.43. The first-order chi connectivity index (χ1) is 14.6. The molecule has 7 nitrogen and oxygen atoms in total. The summed E-state index contributed by atoms with van der Waals surface area (Å²) in [6, 6.07) is -0.266. The highest BCUT2D eigenvalue weighted by atomic mass is 19.4. The molecule has 4 heterocycles. The van der Waals surface area contributed by atoms with Gasteiger partial charge in [0.15, 0.2) is 0 Å². The molecule has 4 rings (SSSR count). The molecule has 0 saturated carbocycles. The van der Waals surface area contributed by atoms with Gasteiger partial charge in [0, 0.05) is 31.9 Å². The van der Waals surface area contributed by atoms with Crippen molar-refractivity contribution in [2.75, 3.05) is 5.32 Å². The van der Waals surface area contributed by atoms with Crippen molar-refractivity contribution in [3.8, 4) is 0 Å². The summed E-state index contributed by atoms with van der Waals surface area (Å²) in [4.78, 5) is 23.2. The molecule has 1 N–H and O–H groups in total. The maximum Gasteiger partial charge on any atom is 0.389 e. The highest BCUT2D eigenvalue weighted by Crippen LogP contribution is 2.39. The zero-order valence-corrected chi connectivity index (χ0v) is 17.7. The van der Waals surface area contributed by atoms with Crippen LogP contribution in [0.2, 0.25) is 0 Å². The number of alkyl halides is 3. The number of carbonyl (C=O) groups is 1. The molecular formula is C21H25F3N6O. The molecule has 0 unspecified atom stereocenters. The minimum Gasteiger partial charge on any atom is -0.333 e. The van der Waals surface area contributed by atoms with E-state index >= 15 is 0 Å². The second-order valence-corrected chi connectivity index (χ2v) is 8.26. The van der Waals surface area contributed by atoms with Gasteiger partial charge < -0.3 is 10.2 Å². The third-order valence-electron chi connectivity index (χ3n) is 5.84. The molecule has 10 heteroatoms. The number of aromatic nitrogens is 4. The SMILES string of the molecule is Cc1cnc(Nc2cn(C)nc2C)nc1C1=C[C@H]2CC[C@@H](C1)N2C(=O)CCC(F)(F)F. The summed E-state index contributed by atoms with van der Waals surface area (Å²) in [5.41, 5.74) is 4.38. The molecule has 1 amide bonds. The lowest BCUT2D eigenvalue weighted by atomic mass is 9.96. The third-order valence-corrected chi connectivity index (χ3v) is 5.84. The Labute approximate surface area is 178 Å². The van der Waals surface area contributed by atoms with Crippen LogP contribution in [-0.4, -0.2) is 48.8 Å². The first-order valence-electron chi connectivity index (χ1n) is 10.3. The zero-order valence-electron chi connectivity index (χ0n) is 17.7. The van der Waals surface area contributed by atoms with Gasteiger partial charge in [-0.2, -0.15) is 18.3 Å². The quantitative estimate of drug-likeness (QED) is 0.768. The normalized spacial score (nSPS) is 20.7. The predicted molar refractivity (Wildman–Crippen MR) is 110 cm³/mol. The summed E-state index contributed by atoms with van der Waals surface area (Å²) in [7, 11) is 1.84. The van der Waals surface area contributed by atoms with Gasteiger partial charge >= 0.3 is 6.18 Å². The number of hydrogen-bond acceptors (Lipinski definition) is 5. The number of aryl methyl sites for hydroxylation is 3. The van der Waals surface area contributed by atoms with E-state index in [0.29, 0.717) is 12.4 Å². The van der Waals surface area contributed by atoms with Crippen molar-refractivity contribution in [3.63, 3.8) is 0 Å². The Bertz CT molecular complexity index is 1030. The number of amides is 1. The maximum atomic E-state index is 12.5. The molecule has 166 valence electrons. The summed E-state index contributed by atoms with van der Waals surface area (Å²) >= 11 is 0. The van der Waals surface area contributed by atoms with Crippen LogP contribution < -0.4 is 5.32 Å². The lowest BCUT2D eigenvalue weighted by molar-refractivity contribution is -0.150. The van der Waals surface area contributed by atoms with Crippen LogP contribution in [0.1, 0.15) is 49.1 Å². The van der Waals surface area contributed by atoms with Crippen molar-refractivity contribution in [2.45, 2.75) is 64.2 Å². The van der Waals surface area contributed by atoms with E-state index in [-0.39, 0.29) is 12.1 Å². The molecule has 0 aromatic carbocycles. The molecule has 2 bridgehead atoms. The smallest absolute Gasteiger partial charge is 0.333 e. The third kappa shape index (κ3) is 4.57. The minimum atomic E-state index is -4.32. The average molecular weight is 434 g/mol. The summed E-state index contributed by atoms with van der Waals surface area (Å²) in [6.45, 7) is 3.82. The molecule has 0 radical (unpaired) electrons. The van der Waals surface area contributed by atoms with Crippen molar-refractivity contribution in [1.82, 2.24) is 24.6 Å². The average Bonchev–Trinajstić information content (AvgIpc) is 3.14. The highest BCUT2D eigenvalue weighted by molar-refractivity contribution is 5.80. The molecule has 1 saturated heterocycles. The Kier molecular flexibility index (Phi) is 5.49. The fourth-order valence-corrected chi connectivity index (χ4v) is 4.44. The second kappa shape index (κ2) is 7.97. The Morgan fingerprint density at radius 2 is 2.06 bits per heavy atom. The number of anilines is 2. The van der Waals surface area contributed by atoms with E-state index in [4.69, 9.17) is 4.98 Å². The van der Waals surface area contributed by atoms with Gasteiger partial charge in [-0.15, -0.1) is 0 Å². The number of carbonyl (C=O) groups excluding carboxylic acids is 1. The van der Waals surface area contributed by atoms with Crippen LogP contribution in [0.3, 0.4) is 0 Å². The Balaban J connectivity index is 1.54.